The zero-order chi connectivity index (χ0) is 13.0. The zero-order valence-electron chi connectivity index (χ0n) is 10.2. The van der Waals surface area contributed by atoms with Crippen LogP contribution in [0.25, 0.3) is 0 Å². The van der Waals surface area contributed by atoms with E-state index < -0.39 is 5.38 Å². The second-order valence-electron chi connectivity index (χ2n) is 4.64. The molecule has 3 heteroatoms. The standard InChI is InChI=1S/C15H16ClNO/c1-2-10-17(11-12-8-9-12)15(18)14(16)13-6-4-3-5-7-13/h1,3-7,12,14H,8-11H2. The van der Waals surface area contributed by atoms with Crippen LogP contribution >= 0.6 is 11.6 Å². The van der Waals surface area contributed by atoms with Crippen LogP contribution in [-0.2, 0) is 4.79 Å². The van der Waals surface area contributed by atoms with Crippen LogP contribution in [-0.4, -0.2) is 23.9 Å². The molecule has 1 aliphatic rings. The van der Waals surface area contributed by atoms with Crippen molar-refractivity contribution < 1.29 is 4.79 Å². The zero-order valence-corrected chi connectivity index (χ0v) is 10.9. The van der Waals surface area contributed by atoms with Gasteiger partial charge in [-0.2, -0.15) is 0 Å². The summed E-state index contributed by atoms with van der Waals surface area (Å²) in [4.78, 5) is 14.0. The monoisotopic (exact) mass is 261 g/mol. The number of alkyl halides is 1. The molecule has 1 aromatic rings. The summed E-state index contributed by atoms with van der Waals surface area (Å²) in [5, 5.41) is -0.640. The highest BCUT2D eigenvalue weighted by Gasteiger charge is 2.29. The molecular formula is C15H16ClNO. The molecule has 1 amide bonds. The molecule has 0 N–H and O–H groups in total. The van der Waals surface area contributed by atoms with E-state index in [0.29, 0.717) is 12.5 Å². The van der Waals surface area contributed by atoms with Gasteiger partial charge in [0.1, 0.15) is 5.38 Å². The van der Waals surface area contributed by atoms with Crippen molar-refractivity contribution in [2.75, 3.05) is 13.1 Å². The molecule has 0 saturated heterocycles. The van der Waals surface area contributed by atoms with Crippen molar-refractivity contribution in [3.63, 3.8) is 0 Å². The van der Waals surface area contributed by atoms with Gasteiger partial charge in [-0.15, -0.1) is 18.0 Å². The molecule has 0 radical (unpaired) electrons. The smallest absolute Gasteiger partial charge is 0.245 e. The molecule has 1 atom stereocenters. The van der Waals surface area contributed by atoms with E-state index in [-0.39, 0.29) is 5.91 Å². The van der Waals surface area contributed by atoms with Gasteiger partial charge in [0.2, 0.25) is 5.91 Å². The highest BCUT2D eigenvalue weighted by Crippen LogP contribution is 2.31. The number of hydrogen-bond acceptors (Lipinski definition) is 1. The van der Waals surface area contributed by atoms with Crippen LogP contribution in [0, 0.1) is 18.3 Å². The quantitative estimate of drug-likeness (QED) is 0.590. The van der Waals surface area contributed by atoms with Crippen LogP contribution < -0.4 is 0 Å². The molecule has 1 saturated carbocycles. The van der Waals surface area contributed by atoms with E-state index in [9.17, 15) is 4.79 Å². The van der Waals surface area contributed by atoms with Crippen molar-refractivity contribution >= 4 is 17.5 Å². The van der Waals surface area contributed by atoms with E-state index in [1.165, 1.54) is 12.8 Å². The van der Waals surface area contributed by atoms with Crippen LogP contribution in [0.15, 0.2) is 30.3 Å². The lowest BCUT2D eigenvalue weighted by Gasteiger charge is -2.23. The Morgan fingerprint density at radius 3 is 2.67 bits per heavy atom. The minimum atomic E-state index is -0.640. The number of halogens is 1. The molecule has 1 aliphatic carbocycles. The molecular weight excluding hydrogens is 246 g/mol. The van der Waals surface area contributed by atoms with E-state index in [2.05, 4.69) is 5.92 Å². The third kappa shape index (κ3) is 3.27. The average molecular weight is 262 g/mol. The predicted molar refractivity (Wildman–Crippen MR) is 73.2 cm³/mol. The number of terminal acetylenes is 1. The molecule has 0 heterocycles. The molecule has 0 aliphatic heterocycles. The minimum absolute atomic E-state index is 0.0901. The summed E-state index contributed by atoms with van der Waals surface area (Å²) < 4.78 is 0. The first-order valence-electron chi connectivity index (χ1n) is 6.13. The summed E-state index contributed by atoms with van der Waals surface area (Å²) >= 11 is 6.23. The Balaban J connectivity index is 2.05. The van der Waals surface area contributed by atoms with E-state index >= 15 is 0 Å². The number of carbonyl (C=O) groups is 1. The number of nitrogens with zero attached hydrogens (tertiary/aromatic N) is 1. The second-order valence-corrected chi connectivity index (χ2v) is 5.08. The summed E-state index contributed by atoms with van der Waals surface area (Å²) in [6.45, 7) is 1.07. The van der Waals surface area contributed by atoms with Crippen molar-refractivity contribution in [1.82, 2.24) is 4.90 Å². The Labute approximate surface area is 113 Å². The normalized spacial score (nSPS) is 15.8. The number of carbonyl (C=O) groups excluding carboxylic acids is 1. The van der Waals surface area contributed by atoms with Gasteiger partial charge in [-0.3, -0.25) is 4.79 Å². The molecule has 1 fully saturated rings. The van der Waals surface area contributed by atoms with Crippen molar-refractivity contribution in [2.24, 2.45) is 5.92 Å². The van der Waals surface area contributed by atoms with Gasteiger partial charge in [0.15, 0.2) is 0 Å². The van der Waals surface area contributed by atoms with Gasteiger partial charge in [0.25, 0.3) is 0 Å². The molecule has 2 rings (SSSR count). The van der Waals surface area contributed by atoms with Crippen LogP contribution in [0.5, 0.6) is 0 Å². The van der Waals surface area contributed by atoms with E-state index in [1.54, 1.807) is 4.90 Å². The van der Waals surface area contributed by atoms with Crippen molar-refractivity contribution in [2.45, 2.75) is 18.2 Å². The molecule has 0 spiro atoms. The Kier molecular flexibility index (Phi) is 4.28. The highest BCUT2D eigenvalue weighted by atomic mass is 35.5. The Bertz CT molecular complexity index is 447. The van der Waals surface area contributed by atoms with E-state index in [4.69, 9.17) is 18.0 Å². The lowest BCUT2D eigenvalue weighted by atomic mass is 10.1. The second kappa shape index (κ2) is 5.93. The molecule has 0 aromatic heterocycles. The highest BCUT2D eigenvalue weighted by molar-refractivity contribution is 6.30. The van der Waals surface area contributed by atoms with Gasteiger partial charge >= 0.3 is 0 Å². The fraction of sp³-hybridized carbons (Fsp3) is 0.400. The van der Waals surface area contributed by atoms with Gasteiger partial charge in [-0.05, 0) is 24.3 Å². The Morgan fingerprint density at radius 1 is 1.44 bits per heavy atom. The fourth-order valence-electron chi connectivity index (χ4n) is 1.88. The van der Waals surface area contributed by atoms with Gasteiger partial charge in [-0.25, -0.2) is 0 Å². The van der Waals surface area contributed by atoms with E-state index in [0.717, 1.165) is 12.1 Å². The summed E-state index contributed by atoms with van der Waals surface area (Å²) in [5.41, 5.74) is 0.821. The third-order valence-electron chi connectivity index (χ3n) is 3.08. The largest absolute Gasteiger partial charge is 0.330 e. The number of amides is 1. The molecule has 2 nitrogen and oxygen atoms in total. The topological polar surface area (TPSA) is 20.3 Å². The lowest BCUT2D eigenvalue weighted by molar-refractivity contribution is -0.130. The number of hydrogen-bond donors (Lipinski definition) is 0. The lowest BCUT2D eigenvalue weighted by Crippen LogP contribution is -2.35. The first kappa shape index (κ1) is 13.0. The number of rotatable bonds is 5. The molecule has 18 heavy (non-hydrogen) atoms. The van der Waals surface area contributed by atoms with Gasteiger partial charge in [0, 0.05) is 6.54 Å². The van der Waals surface area contributed by atoms with Crippen LogP contribution in [0.1, 0.15) is 23.8 Å². The van der Waals surface area contributed by atoms with Crippen LogP contribution in [0.2, 0.25) is 0 Å². The van der Waals surface area contributed by atoms with Crippen LogP contribution in [0.4, 0.5) is 0 Å². The maximum atomic E-state index is 12.3. The summed E-state index contributed by atoms with van der Waals surface area (Å²) in [6.07, 6.45) is 7.69. The van der Waals surface area contributed by atoms with Gasteiger partial charge < -0.3 is 4.90 Å². The van der Waals surface area contributed by atoms with Crippen molar-refractivity contribution in [1.29, 1.82) is 0 Å². The van der Waals surface area contributed by atoms with Crippen molar-refractivity contribution in [3.05, 3.63) is 35.9 Å². The Morgan fingerprint density at radius 2 is 2.11 bits per heavy atom. The minimum Gasteiger partial charge on any atom is -0.330 e. The number of benzene rings is 1. The van der Waals surface area contributed by atoms with Crippen molar-refractivity contribution in [3.8, 4) is 12.3 Å². The predicted octanol–water partition coefficient (Wildman–Crippen LogP) is 2.84. The average Bonchev–Trinajstić information content (AvgIpc) is 3.21. The molecule has 1 aromatic carbocycles. The molecule has 1 unspecified atom stereocenters. The summed E-state index contributed by atoms with van der Waals surface area (Å²) in [7, 11) is 0. The maximum absolute atomic E-state index is 12.3. The SMILES string of the molecule is C#CCN(CC1CC1)C(=O)C(Cl)c1ccccc1. The summed E-state index contributed by atoms with van der Waals surface area (Å²) in [6, 6.07) is 9.39. The maximum Gasteiger partial charge on any atom is 0.245 e. The first-order chi connectivity index (χ1) is 8.72. The first-order valence-corrected chi connectivity index (χ1v) is 6.57. The van der Waals surface area contributed by atoms with Gasteiger partial charge in [0.05, 0.1) is 6.54 Å². The Hall–Kier alpha value is -1.46. The van der Waals surface area contributed by atoms with Crippen LogP contribution in [0.3, 0.4) is 0 Å². The van der Waals surface area contributed by atoms with E-state index in [1.807, 2.05) is 30.3 Å². The fourth-order valence-corrected chi connectivity index (χ4v) is 2.16. The summed E-state index contributed by atoms with van der Waals surface area (Å²) in [5.74, 6) is 3.06. The molecule has 94 valence electrons. The third-order valence-corrected chi connectivity index (χ3v) is 3.52. The van der Waals surface area contributed by atoms with Gasteiger partial charge in [-0.1, -0.05) is 36.3 Å². The molecule has 0 bridgehead atoms.